The number of aliphatic hydroxyl groups is 3. The van der Waals surface area contributed by atoms with Crippen molar-refractivity contribution in [2.24, 2.45) is 0 Å². The summed E-state index contributed by atoms with van der Waals surface area (Å²) in [4.78, 5) is 12.8. The molecule has 0 bridgehead atoms. The molecule has 0 aromatic carbocycles. The molecule has 12 nitrogen and oxygen atoms in total. The smallest absolute Gasteiger partial charge is 0.397 e. The molecule has 0 spiro atoms. The highest BCUT2D eigenvalue weighted by molar-refractivity contribution is 7.80. The Hall–Kier alpha value is -2.46. The first-order valence-electron chi connectivity index (χ1n) is 23.7. The Bertz CT molecular complexity index is 1360. The minimum absolute atomic E-state index is 0.00628. The van der Waals surface area contributed by atoms with E-state index in [1.54, 1.807) is 6.08 Å². The van der Waals surface area contributed by atoms with Gasteiger partial charge in [-0.05, 0) is 64.2 Å². The molecule has 62 heavy (non-hydrogen) atoms. The van der Waals surface area contributed by atoms with E-state index in [4.69, 9.17) is 23.5 Å². The molecule has 6 unspecified atom stereocenters. The Labute approximate surface area is 375 Å². The van der Waals surface area contributed by atoms with E-state index in [1.807, 2.05) is 12.2 Å². The maximum Gasteiger partial charge on any atom is 0.397 e. The Morgan fingerprint density at radius 1 is 0.629 bits per heavy atom. The van der Waals surface area contributed by atoms with Gasteiger partial charge >= 0.3 is 16.4 Å². The summed E-state index contributed by atoms with van der Waals surface area (Å²) in [6.45, 7) is 3.74. The number of hydrogen-bond donors (Lipinski definition) is 4. The van der Waals surface area contributed by atoms with Gasteiger partial charge in [-0.25, -0.2) is 4.18 Å². The molecular formula is C49H84O12S. The van der Waals surface area contributed by atoms with Gasteiger partial charge in [0.2, 0.25) is 0 Å². The number of esters is 1. The number of allylic oxidation sites excluding steroid dienone is 11. The molecule has 1 aliphatic rings. The lowest BCUT2D eigenvalue weighted by molar-refractivity contribution is -0.301. The van der Waals surface area contributed by atoms with Gasteiger partial charge in [0, 0.05) is 6.61 Å². The lowest BCUT2D eigenvalue weighted by atomic mass is 9.99. The highest BCUT2D eigenvalue weighted by Gasteiger charge is 2.48. The molecule has 358 valence electrons. The Kier molecular flexibility index (Phi) is 37.2. The molecular weight excluding hydrogens is 813 g/mol. The summed E-state index contributed by atoms with van der Waals surface area (Å²) in [7, 11) is -5.08. The van der Waals surface area contributed by atoms with Crippen molar-refractivity contribution < 1.29 is 56.2 Å². The van der Waals surface area contributed by atoms with Gasteiger partial charge in [-0.1, -0.05) is 170 Å². The van der Waals surface area contributed by atoms with Gasteiger partial charge in [-0.15, -0.1) is 0 Å². The first-order valence-corrected chi connectivity index (χ1v) is 25.1. The van der Waals surface area contributed by atoms with Crippen LogP contribution < -0.4 is 0 Å². The molecule has 1 fully saturated rings. The fourth-order valence-electron chi connectivity index (χ4n) is 6.80. The van der Waals surface area contributed by atoms with Crippen LogP contribution in [0.5, 0.6) is 0 Å². The van der Waals surface area contributed by atoms with E-state index >= 15 is 0 Å². The predicted molar refractivity (Wildman–Crippen MR) is 248 cm³/mol. The number of aliphatic hydroxyl groups excluding tert-OH is 3. The number of hydrogen-bond acceptors (Lipinski definition) is 11. The molecule has 0 saturated carbocycles. The maximum atomic E-state index is 12.8. The Morgan fingerprint density at radius 2 is 1.11 bits per heavy atom. The van der Waals surface area contributed by atoms with Crippen molar-refractivity contribution in [2.45, 2.75) is 205 Å². The molecule has 0 aliphatic carbocycles. The van der Waals surface area contributed by atoms with Crippen LogP contribution in [0.4, 0.5) is 0 Å². The van der Waals surface area contributed by atoms with E-state index in [0.717, 1.165) is 44.9 Å². The zero-order valence-electron chi connectivity index (χ0n) is 38.2. The molecule has 1 saturated heterocycles. The quantitative estimate of drug-likeness (QED) is 0.0198. The first kappa shape index (κ1) is 57.6. The third kappa shape index (κ3) is 33.1. The molecule has 0 aromatic rings. The Morgan fingerprint density at radius 3 is 1.61 bits per heavy atom. The summed E-state index contributed by atoms with van der Waals surface area (Å²) in [5, 5.41) is 30.7. The van der Waals surface area contributed by atoms with Crippen LogP contribution in [0.3, 0.4) is 0 Å². The highest BCUT2D eigenvalue weighted by Crippen LogP contribution is 2.26. The van der Waals surface area contributed by atoms with Crippen molar-refractivity contribution in [1.29, 1.82) is 0 Å². The number of ether oxygens (including phenoxy) is 4. The fourth-order valence-corrected chi connectivity index (χ4v) is 7.31. The lowest BCUT2D eigenvalue weighted by Gasteiger charge is -2.41. The summed E-state index contributed by atoms with van der Waals surface area (Å²) >= 11 is 0. The van der Waals surface area contributed by atoms with Crippen LogP contribution in [-0.4, -0.2) is 97.5 Å². The van der Waals surface area contributed by atoms with Gasteiger partial charge in [-0.2, -0.15) is 8.42 Å². The minimum atomic E-state index is -5.08. The number of rotatable bonds is 40. The maximum absolute atomic E-state index is 12.8. The summed E-state index contributed by atoms with van der Waals surface area (Å²) < 4.78 is 59.0. The number of carbonyl (C=O) groups is 1. The van der Waals surface area contributed by atoms with Gasteiger partial charge in [0.25, 0.3) is 0 Å². The molecule has 4 N–H and O–H groups in total. The second-order valence-electron chi connectivity index (χ2n) is 16.0. The van der Waals surface area contributed by atoms with Crippen molar-refractivity contribution in [2.75, 3.05) is 26.4 Å². The zero-order valence-corrected chi connectivity index (χ0v) is 39.0. The van der Waals surface area contributed by atoms with Crippen LogP contribution in [0.1, 0.15) is 168 Å². The lowest BCUT2D eigenvalue weighted by Crippen LogP contribution is -2.60. The molecule has 1 aliphatic heterocycles. The molecule has 1 heterocycles. The van der Waals surface area contributed by atoms with Crippen LogP contribution in [0.2, 0.25) is 0 Å². The average molecular weight is 897 g/mol. The van der Waals surface area contributed by atoms with Crippen molar-refractivity contribution >= 4 is 16.4 Å². The van der Waals surface area contributed by atoms with Crippen molar-refractivity contribution in [3.8, 4) is 0 Å². The van der Waals surface area contributed by atoms with Crippen LogP contribution in [-0.2, 0) is 38.3 Å². The predicted octanol–water partition coefficient (Wildman–Crippen LogP) is 10.3. The largest absolute Gasteiger partial charge is 0.457 e. The highest BCUT2D eigenvalue weighted by atomic mass is 32.3. The zero-order chi connectivity index (χ0) is 45.4. The van der Waals surface area contributed by atoms with Gasteiger partial charge in [-0.3, -0.25) is 9.35 Å². The summed E-state index contributed by atoms with van der Waals surface area (Å²) in [6, 6.07) is 0. The molecule has 0 radical (unpaired) electrons. The van der Waals surface area contributed by atoms with Crippen LogP contribution in [0, 0.1) is 0 Å². The fraction of sp³-hybridized carbons (Fsp3) is 0.735. The normalized spacial score (nSPS) is 20.6. The van der Waals surface area contributed by atoms with E-state index in [1.165, 1.54) is 96.3 Å². The molecule has 0 amide bonds. The standard InChI is InChI=1S/C49H84O12S/c1-3-5-7-9-11-13-15-17-19-20-21-22-23-25-27-29-31-33-35-37-39-57-41-43(42-58-49-47(53)48(61-62(54,55)56)46(52)44(40-50)60-49)59-45(51)38-36-34-32-30-28-26-24-18-16-14-12-10-8-6-4-2/h6,8,12,14,17-19,24,28,30,34,36,43-44,46-50,52-53H,3-5,7,9-11,13,15-16,20-23,25-27,29,31-33,35,37-42H2,1-2H3,(H,54,55,56)/b8-6-,14-12-,19-17-,24-18-,30-28-,36-34-. The number of carbonyl (C=O) groups excluding carboxylic acids is 1. The molecule has 0 aromatic heterocycles. The van der Waals surface area contributed by atoms with Crippen LogP contribution in [0.25, 0.3) is 0 Å². The van der Waals surface area contributed by atoms with E-state index in [0.29, 0.717) is 13.0 Å². The molecule has 6 atom stereocenters. The van der Waals surface area contributed by atoms with Gasteiger partial charge in [0.05, 0.1) is 26.2 Å². The van der Waals surface area contributed by atoms with Crippen molar-refractivity contribution in [1.82, 2.24) is 0 Å². The van der Waals surface area contributed by atoms with Gasteiger partial charge in [0.15, 0.2) is 6.29 Å². The SMILES string of the molecule is CC/C=C\C/C=C\C/C=C\C/C=C\C/C=C\CC(=O)OC(COCCCCCCCCCCCC/C=C\CCCCCCCC)COC1OC(CO)C(O)C(OS(=O)(=O)O)C1O. The summed E-state index contributed by atoms with van der Waals surface area (Å²) in [5.74, 6) is -0.527. The van der Waals surface area contributed by atoms with E-state index in [-0.39, 0.29) is 19.6 Å². The second kappa shape index (κ2) is 40.1. The monoisotopic (exact) mass is 897 g/mol. The Balaban J connectivity index is 2.44. The first-order chi connectivity index (χ1) is 30.1. The molecule has 13 heteroatoms. The van der Waals surface area contributed by atoms with E-state index in [2.05, 4.69) is 72.7 Å². The molecule has 1 rings (SSSR count). The van der Waals surface area contributed by atoms with Gasteiger partial charge in [0.1, 0.15) is 30.5 Å². The van der Waals surface area contributed by atoms with E-state index < -0.39 is 59.8 Å². The van der Waals surface area contributed by atoms with Crippen LogP contribution in [0.15, 0.2) is 72.9 Å². The van der Waals surface area contributed by atoms with Gasteiger partial charge < -0.3 is 34.3 Å². The third-order valence-corrected chi connectivity index (χ3v) is 10.8. The summed E-state index contributed by atoms with van der Waals surface area (Å²) in [5.41, 5.74) is 0. The van der Waals surface area contributed by atoms with Crippen molar-refractivity contribution in [3.63, 3.8) is 0 Å². The van der Waals surface area contributed by atoms with Crippen molar-refractivity contribution in [3.05, 3.63) is 72.9 Å². The minimum Gasteiger partial charge on any atom is -0.457 e. The van der Waals surface area contributed by atoms with Crippen LogP contribution >= 0.6 is 0 Å². The number of unbranched alkanes of at least 4 members (excludes halogenated alkanes) is 16. The average Bonchev–Trinajstić information content (AvgIpc) is 3.24. The second-order valence-corrected chi connectivity index (χ2v) is 17.0. The topological polar surface area (TPSA) is 178 Å². The van der Waals surface area contributed by atoms with E-state index in [9.17, 15) is 28.5 Å². The summed E-state index contributed by atoms with van der Waals surface area (Å²) in [6.07, 6.45) is 42.5. The third-order valence-electron chi connectivity index (χ3n) is 10.3.